The minimum Gasteiger partial charge on any atom is -0.361 e. The quantitative estimate of drug-likeness (QED) is 0.406. The molecule has 1 heterocycles. The Morgan fingerprint density at radius 2 is 1.62 bits per heavy atom. The number of hydrogen-bond acceptors (Lipinski definition) is 1. The number of nitrogens with one attached hydrogen (secondary N) is 1. The summed E-state index contributed by atoms with van der Waals surface area (Å²) in [6.45, 7) is 2.14. The smallest absolute Gasteiger partial charge is 0.123 e. The van der Waals surface area contributed by atoms with Crippen molar-refractivity contribution in [3.8, 4) is 0 Å². The molecule has 0 radical (unpaired) electrons. The molecule has 1 aromatic heterocycles. The van der Waals surface area contributed by atoms with Gasteiger partial charge in [0.1, 0.15) is 5.82 Å². The Bertz CT molecular complexity index is 1140. The molecule has 3 aromatic carbocycles. The van der Waals surface area contributed by atoms with Crippen molar-refractivity contribution in [2.45, 2.75) is 18.1 Å². The van der Waals surface area contributed by atoms with Crippen LogP contribution in [0.15, 0.2) is 72.9 Å². The lowest BCUT2D eigenvalue weighted by atomic mass is 9.71. The highest BCUT2D eigenvalue weighted by Crippen LogP contribution is 2.42. The zero-order valence-electron chi connectivity index (χ0n) is 16.2. The Morgan fingerprint density at radius 3 is 2.24 bits per heavy atom. The lowest BCUT2D eigenvalue weighted by Crippen LogP contribution is -2.25. The summed E-state index contributed by atoms with van der Waals surface area (Å²) in [4.78, 5) is 3.40. The fourth-order valence-corrected chi connectivity index (χ4v) is 4.82. The molecule has 2 unspecified atom stereocenters. The Labute approximate surface area is 177 Å². The number of rotatable bonds is 5. The molecule has 0 aliphatic rings. The molecule has 0 fully saturated rings. The van der Waals surface area contributed by atoms with Crippen molar-refractivity contribution in [1.29, 1.82) is 0 Å². The number of hydrogen-bond donors (Lipinski definition) is 1. The molecule has 4 aromatic rings. The van der Waals surface area contributed by atoms with Crippen LogP contribution in [-0.2, 0) is 22.0 Å². The van der Waals surface area contributed by atoms with Gasteiger partial charge in [0.2, 0.25) is 0 Å². The van der Waals surface area contributed by atoms with E-state index in [0.29, 0.717) is 10.8 Å². The molecule has 2 nitrogen and oxygen atoms in total. The average Bonchev–Trinajstić information content (AvgIpc) is 3.14. The van der Waals surface area contributed by atoms with Gasteiger partial charge in [0.25, 0.3) is 0 Å². The SMILES string of the molecule is CS(=O)Cc1cccc2c(C(C)(c3ccc(F)cc3)c3ccc(Cl)cc3)c[nH]c12. The van der Waals surface area contributed by atoms with Gasteiger partial charge in [-0.1, -0.05) is 54.1 Å². The van der Waals surface area contributed by atoms with Crippen LogP contribution in [0.4, 0.5) is 4.39 Å². The Kier molecular flexibility index (Phi) is 5.32. The van der Waals surface area contributed by atoms with E-state index in [1.54, 1.807) is 6.26 Å². The van der Waals surface area contributed by atoms with Crippen LogP contribution in [0.2, 0.25) is 5.02 Å². The fraction of sp³-hybridized carbons (Fsp3) is 0.167. The standard InChI is InChI=1S/C24H21ClFNOS/c1-24(17-6-10-19(25)11-7-17,18-8-12-20(26)13-9-18)22-14-27-23-16(15-29(2)28)4-3-5-21(22)23/h3-14,27H,15H2,1-2H3. The molecule has 0 saturated carbocycles. The second-order valence-electron chi connectivity index (χ2n) is 7.40. The van der Waals surface area contributed by atoms with Gasteiger partial charge in [0.15, 0.2) is 0 Å². The largest absolute Gasteiger partial charge is 0.361 e. The van der Waals surface area contributed by atoms with Gasteiger partial charge < -0.3 is 4.98 Å². The molecule has 0 saturated heterocycles. The van der Waals surface area contributed by atoms with Gasteiger partial charge >= 0.3 is 0 Å². The van der Waals surface area contributed by atoms with Crippen molar-refractivity contribution in [1.82, 2.24) is 4.98 Å². The minimum atomic E-state index is -0.938. The van der Waals surface area contributed by atoms with Crippen molar-refractivity contribution in [2.75, 3.05) is 6.26 Å². The van der Waals surface area contributed by atoms with Gasteiger partial charge in [0, 0.05) is 44.6 Å². The zero-order chi connectivity index (χ0) is 20.6. The predicted molar refractivity (Wildman–Crippen MR) is 119 cm³/mol. The summed E-state index contributed by atoms with van der Waals surface area (Å²) in [6.07, 6.45) is 3.71. The molecule has 0 bridgehead atoms. The van der Waals surface area contributed by atoms with Crippen molar-refractivity contribution < 1.29 is 8.60 Å². The van der Waals surface area contributed by atoms with E-state index in [4.69, 9.17) is 11.6 Å². The van der Waals surface area contributed by atoms with Crippen LogP contribution in [0.3, 0.4) is 0 Å². The first kappa shape index (κ1) is 19.9. The molecule has 0 amide bonds. The van der Waals surface area contributed by atoms with E-state index in [-0.39, 0.29) is 5.82 Å². The van der Waals surface area contributed by atoms with E-state index in [2.05, 4.69) is 18.0 Å². The van der Waals surface area contributed by atoms with Crippen molar-refractivity contribution >= 4 is 33.3 Å². The third-order valence-corrected chi connectivity index (χ3v) is 6.51. The van der Waals surface area contributed by atoms with E-state index < -0.39 is 16.2 Å². The first-order chi connectivity index (χ1) is 13.9. The third kappa shape index (κ3) is 3.63. The van der Waals surface area contributed by atoms with Crippen LogP contribution in [0.5, 0.6) is 0 Å². The molecule has 5 heteroatoms. The Morgan fingerprint density at radius 1 is 1.00 bits per heavy atom. The van der Waals surface area contributed by atoms with Gasteiger partial charge in [-0.25, -0.2) is 4.39 Å². The van der Waals surface area contributed by atoms with Crippen LogP contribution in [0, 0.1) is 5.82 Å². The van der Waals surface area contributed by atoms with E-state index in [1.807, 2.05) is 54.7 Å². The van der Waals surface area contributed by atoms with E-state index in [9.17, 15) is 8.60 Å². The Balaban J connectivity index is 1.98. The molecule has 0 aliphatic carbocycles. The molecule has 4 rings (SSSR count). The summed E-state index contributed by atoms with van der Waals surface area (Å²) in [6, 6.07) is 20.5. The number of aromatic amines is 1. The van der Waals surface area contributed by atoms with E-state index in [0.717, 1.165) is 33.2 Å². The lowest BCUT2D eigenvalue weighted by Gasteiger charge is -2.31. The first-order valence-corrected chi connectivity index (χ1v) is 11.4. The summed E-state index contributed by atoms with van der Waals surface area (Å²) >= 11 is 6.13. The molecule has 1 N–H and O–H groups in total. The first-order valence-electron chi connectivity index (χ1n) is 9.31. The summed E-state index contributed by atoms with van der Waals surface area (Å²) in [5.41, 5.74) is 4.59. The number of fused-ring (bicyclic) bond motifs is 1. The number of aromatic nitrogens is 1. The number of halogens is 2. The summed E-state index contributed by atoms with van der Waals surface area (Å²) < 4.78 is 25.5. The minimum absolute atomic E-state index is 0.265. The second kappa shape index (κ2) is 7.77. The fourth-order valence-electron chi connectivity index (χ4n) is 4.01. The van der Waals surface area contributed by atoms with E-state index in [1.165, 1.54) is 12.1 Å². The molecule has 0 aliphatic heterocycles. The molecule has 0 spiro atoms. The zero-order valence-corrected chi connectivity index (χ0v) is 17.8. The van der Waals surface area contributed by atoms with Crippen LogP contribution < -0.4 is 0 Å². The van der Waals surface area contributed by atoms with Gasteiger partial charge in [-0.15, -0.1) is 0 Å². The molecular formula is C24H21ClFNOS. The summed E-state index contributed by atoms with van der Waals surface area (Å²) in [7, 11) is -0.938. The van der Waals surface area contributed by atoms with E-state index >= 15 is 0 Å². The van der Waals surface area contributed by atoms with Crippen LogP contribution >= 0.6 is 11.6 Å². The molecular weight excluding hydrogens is 405 g/mol. The van der Waals surface area contributed by atoms with Crippen LogP contribution in [0.25, 0.3) is 10.9 Å². The molecule has 2 atom stereocenters. The van der Waals surface area contributed by atoms with Crippen molar-refractivity contribution in [2.24, 2.45) is 0 Å². The monoisotopic (exact) mass is 425 g/mol. The number of H-pyrrole nitrogens is 1. The van der Waals surface area contributed by atoms with Crippen molar-refractivity contribution in [3.05, 3.63) is 106 Å². The third-order valence-electron chi connectivity index (χ3n) is 5.54. The van der Waals surface area contributed by atoms with Gasteiger partial charge in [-0.3, -0.25) is 4.21 Å². The van der Waals surface area contributed by atoms with Gasteiger partial charge in [0.05, 0.1) is 5.75 Å². The average molecular weight is 426 g/mol. The van der Waals surface area contributed by atoms with Gasteiger partial charge in [-0.2, -0.15) is 0 Å². The van der Waals surface area contributed by atoms with Gasteiger partial charge in [-0.05, 0) is 53.4 Å². The highest BCUT2D eigenvalue weighted by molar-refractivity contribution is 7.83. The van der Waals surface area contributed by atoms with Crippen molar-refractivity contribution in [3.63, 3.8) is 0 Å². The number of para-hydroxylation sites is 1. The topological polar surface area (TPSA) is 32.9 Å². The lowest BCUT2D eigenvalue weighted by molar-refractivity contribution is 0.622. The summed E-state index contributed by atoms with van der Waals surface area (Å²) in [5, 5.41) is 1.73. The highest BCUT2D eigenvalue weighted by atomic mass is 35.5. The molecule has 148 valence electrons. The second-order valence-corrected chi connectivity index (χ2v) is 9.27. The predicted octanol–water partition coefficient (Wildman–Crippen LogP) is 6.19. The molecule has 29 heavy (non-hydrogen) atoms. The maximum absolute atomic E-state index is 13.6. The maximum Gasteiger partial charge on any atom is 0.123 e. The van der Waals surface area contributed by atoms with Crippen LogP contribution in [0.1, 0.15) is 29.2 Å². The normalized spacial score (nSPS) is 14.6. The maximum atomic E-state index is 13.6. The summed E-state index contributed by atoms with van der Waals surface area (Å²) in [5.74, 6) is 0.227. The highest BCUT2D eigenvalue weighted by Gasteiger charge is 2.33. The van der Waals surface area contributed by atoms with Crippen LogP contribution in [-0.4, -0.2) is 15.4 Å². The number of benzene rings is 3. The Hall–Kier alpha value is -2.43.